The predicted molar refractivity (Wildman–Crippen MR) is 66.4 cm³/mol. The van der Waals surface area contributed by atoms with Gasteiger partial charge in [-0.1, -0.05) is 13.8 Å². The quantitative estimate of drug-likeness (QED) is 0.587. The van der Waals surface area contributed by atoms with Crippen LogP contribution in [0.5, 0.6) is 0 Å². The highest BCUT2D eigenvalue weighted by Crippen LogP contribution is 2.14. The lowest BCUT2D eigenvalue weighted by Gasteiger charge is -2.15. The van der Waals surface area contributed by atoms with Crippen molar-refractivity contribution >= 4 is 11.8 Å². The van der Waals surface area contributed by atoms with Gasteiger partial charge < -0.3 is 16.0 Å². The van der Waals surface area contributed by atoms with E-state index < -0.39 is 0 Å². The molecule has 1 aliphatic rings. The summed E-state index contributed by atoms with van der Waals surface area (Å²) in [5.74, 6) is 0.164. The second kappa shape index (κ2) is 6.59. The van der Waals surface area contributed by atoms with Crippen molar-refractivity contribution in [3.05, 3.63) is 0 Å². The van der Waals surface area contributed by atoms with Crippen molar-refractivity contribution in [1.29, 1.82) is 0 Å². The van der Waals surface area contributed by atoms with Crippen molar-refractivity contribution in [3.63, 3.8) is 0 Å². The van der Waals surface area contributed by atoms with Crippen molar-refractivity contribution in [3.8, 4) is 0 Å². The van der Waals surface area contributed by atoms with Gasteiger partial charge in [0.1, 0.15) is 0 Å². The van der Waals surface area contributed by atoms with Crippen LogP contribution in [0.25, 0.3) is 0 Å². The van der Waals surface area contributed by atoms with Crippen molar-refractivity contribution < 1.29 is 9.59 Å². The highest BCUT2D eigenvalue weighted by molar-refractivity contribution is 5.80. The first-order valence-corrected chi connectivity index (χ1v) is 6.31. The summed E-state index contributed by atoms with van der Waals surface area (Å²) in [6, 6.07) is 0.250. The first-order valence-electron chi connectivity index (χ1n) is 6.31. The molecular formula is C12H23N3O2. The minimum absolute atomic E-state index is 0.00949. The number of carbonyl (C=O) groups excluding carboxylic acids is 2. The van der Waals surface area contributed by atoms with Gasteiger partial charge in [-0.2, -0.15) is 0 Å². The van der Waals surface area contributed by atoms with Crippen LogP contribution in [-0.4, -0.2) is 37.5 Å². The van der Waals surface area contributed by atoms with Crippen LogP contribution >= 0.6 is 0 Å². The number of hydrogen-bond donors (Lipinski definition) is 3. The van der Waals surface area contributed by atoms with E-state index in [1.165, 1.54) is 0 Å². The molecule has 0 aromatic heterocycles. The van der Waals surface area contributed by atoms with Gasteiger partial charge >= 0.3 is 0 Å². The fraction of sp³-hybridized carbons (Fsp3) is 0.833. The van der Waals surface area contributed by atoms with E-state index >= 15 is 0 Å². The lowest BCUT2D eigenvalue weighted by molar-refractivity contribution is -0.126. The summed E-state index contributed by atoms with van der Waals surface area (Å²) in [7, 11) is 0. The van der Waals surface area contributed by atoms with Gasteiger partial charge in [-0.3, -0.25) is 9.59 Å². The summed E-state index contributed by atoms with van der Waals surface area (Å²) >= 11 is 0. The lowest BCUT2D eigenvalue weighted by Crippen LogP contribution is -2.41. The van der Waals surface area contributed by atoms with Crippen LogP contribution in [0.4, 0.5) is 0 Å². The van der Waals surface area contributed by atoms with Crippen LogP contribution < -0.4 is 16.0 Å². The second-order valence-corrected chi connectivity index (χ2v) is 4.87. The van der Waals surface area contributed by atoms with Crippen molar-refractivity contribution in [2.75, 3.05) is 19.6 Å². The summed E-state index contributed by atoms with van der Waals surface area (Å²) in [4.78, 5) is 23.0. The van der Waals surface area contributed by atoms with Gasteiger partial charge in [-0.15, -0.1) is 0 Å². The lowest BCUT2D eigenvalue weighted by atomic mass is 10.0. The van der Waals surface area contributed by atoms with Gasteiger partial charge in [-0.25, -0.2) is 0 Å². The molecule has 5 heteroatoms. The topological polar surface area (TPSA) is 70.2 Å². The molecule has 2 amide bonds. The smallest absolute Gasteiger partial charge is 0.224 e. The molecule has 0 spiro atoms. The summed E-state index contributed by atoms with van der Waals surface area (Å²) in [5.41, 5.74) is 0. The summed E-state index contributed by atoms with van der Waals surface area (Å²) in [6.07, 6.45) is 0.894. The highest BCUT2D eigenvalue weighted by Gasteiger charge is 2.28. The van der Waals surface area contributed by atoms with Gasteiger partial charge in [0.25, 0.3) is 0 Å². The van der Waals surface area contributed by atoms with E-state index in [9.17, 15) is 9.59 Å². The molecule has 2 atom stereocenters. The van der Waals surface area contributed by atoms with E-state index in [1.807, 2.05) is 20.8 Å². The summed E-state index contributed by atoms with van der Waals surface area (Å²) in [5, 5.41) is 8.87. The Kier molecular flexibility index (Phi) is 5.41. The molecule has 1 rings (SSSR count). The Morgan fingerprint density at radius 1 is 1.29 bits per heavy atom. The van der Waals surface area contributed by atoms with Crippen molar-refractivity contribution in [2.45, 2.75) is 33.2 Å². The zero-order chi connectivity index (χ0) is 12.8. The Morgan fingerprint density at radius 3 is 2.47 bits per heavy atom. The maximum atomic E-state index is 11.8. The number of hydrogen-bond acceptors (Lipinski definition) is 3. The highest BCUT2D eigenvalue weighted by atomic mass is 16.2. The van der Waals surface area contributed by atoms with E-state index in [1.54, 1.807) is 0 Å². The average Bonchev–Trinajstić information content (AvgIpc) is 2.70. The first-order chi connectivity index (χ1) is 8.02. The Labute approximate surface area is 103 Å². The Morgan fingerprint density at radius 2 is 1.94 bits per heavy atom. The predicted octanol–water partition coefficient (Wildman–Crippen LogP) is -0.127. The van der Waals surface area contributed by atoms with Crippen LogP contribution in [0.15, 0.2) is 0 Å². The third-order valence-corrected chi connectivity index (χ3v) is 3.11. The minimum atomic E-state index is -0.00949. The van der Waals surface area contributed by atoms with E-state index in [0.717, 1.165) is 13.0 Å². The third kappa shape index (κ3) is 4.34. The normalized spacial score (nSPS) is 23.8. The SMILES string of the molecule is CC(C)C(=O)NCCNC(=O)C1CCNC1C. The number of rotatable bonds is 5. The molecule has 1 heterocycles. The minimum Gasteiger partial charge on any atom is -0.354 e. The van der Waals surface area contributed by atoms with E-state index in [4.69, 9.17) is 0 Å². The maximum Gasteiger partial charge on any atom is 0.224 e. The van der Waals surface area contributed by atoms with Gasteiger partial charge in [0.05, 0.1) is 5.92 Å². The van der Waals surface area contributed by atoms with E-state index in [-0.39, 0.29) is 29.7 Å². The van der Waals surface area contributed by atoms with Crippen LogP contribution in [0.2, 0.25) is 0 Å². The molecule has 0 bridgehead atoms. The molecule has 1 saturated heterocycles. The van der Waals surface area contributed by atoms with Crippen LogP contribution in [0.1, 0.15) is 27.2 Å². The van der Waals surface area contributed by atoms with Gasteiger partial charge in [-0.05, 0) is 19.9 Å². The van der Waals surface area contributed by atoms with Crippen LogP contribution in [0, 0.1) is 11.8 Å². The second-order valence-electron chi connectivity index (χ2n) is 4.87. The molecule has 5 nitrogen and oxygen atoms in total. The third-order valence-electron chi connectivity index (χ3n) is 3.11. The number of carbonyl (C=O) groups is 2. The zero-order valence-corrected chi connectivity index (χ0v) is 10.9. The molecule has 0 aromatic carbocycles. The molecule has 0 aromatic rings. The zero-order valence-electron chi connectivity index (χ0n) is 10.9. The molecule has 0 aliphatic carbocycles. The molecule has 17 heavy (non-hydrogen) atoms. The molecule has 2 unspecified atom stereocenters. The maximum absolute atomic E-state index is 11.8. The monoisotopic (exact) mass is 241 g/mol. The summed E-state index contributed by atoms with van der Waals surface area (Å²) < 4.78 is 0. The molecule has 0 saturated carbocycles. The molecule has 3 N–H and O–H groups in total. The fourth-order valence-electron chi connectivity index (χ4n) is 1.92. The van der Waals surface area contributed by atoms with Crippen LogP contribution in [-0.2, 0) is 9.59 Å². The molecule has 0 radical (unpaired) electrons. The molecular weight excluding hydrogens is 218 g/mol. The largest absolute Gasteiger partial charge is 0.354 e. The summed E-state index contributed by atoms with van der Waals surface area (Å²) in [6.45, 7) is 7.62. The standard InChI is InChI=1S/C12H23N3O2/c1-8(2)11(16)14-6-7-15-12(17)10-4-5-13-9(10)3/h8-10,13H,4-7H2,1-3H3,(H,14,16)(H,15,17). The Hall–Kier alpha value is -1.10. The molecule has 98 valence electrons. The van der Waals surface area contributed by atoms with Gasteiger partial charge in [0.15, 0.2) is 0 Å². The Bertz CT molecular complexity index is 279. The Balaban J connectivity index is 2.14. The van der Waals surface area contributed by atoms with E-state index in [2.05, 4.69) is 16.0 Å². The van der Waals surface area contributed by atoms with Gasteiger partial charge in [0.2, 0.25) is 11.8 Å². The van der Waals surface area contributed by atoms with Gasteiger partial charge in [0, 0.05) is 25.0 Å². The van der Waals surface area contributed by atoms with Crippen molar-refractivity contribution in [1.82, 2.24) is 16.0 Å². The van der Waals surface area contributed by atoms with Crippen LogP contribution in [0.3, 0.4) is 0 Å². The van der Waals surface area contributed by atoms with E-state index in [0.29, 0.717) is 13.1 Å². The average molecular weight is 241 g/mol. The van der Waals surface area contributed by atoms with Crippen molar-refractivity contribution in [2.24, 2.45) is 11.8 Å². The first kappa shape index (κ1) is 14.0. The molecule has 1 fully saturated rings. The number of amides is 2. The number of nitrogens with one attached hydrogen (secondary N) is 3. The fourth-order valence-corrected chi connectivity index (χ4v) is 1.92. The molecule has 1 aliphatic heterocycles.